The summed E-state index contributed by atoms with van der Waals surface area (Å²) >= 11 is 1.30. The number of aliphatic carboxylic acids is 1. The van der Waals surface area contributed by atoms with Gasteiger partial charge in [-0.15, -0.1) is 11.8 Å². The lowest BCUT2D eigenvalue weighted by Gasteiger charge is -2.30. The smallest absolute Gasteiger partial charge is 0.327 e. The van der Waals surface area contributed by atoms with Gasteiger partial charge in [-0.05, 0) is 22.6 Å². The van der Waals surface area contributed by atoms with Gasteiger partial charge in [0.25, 0.3) is 5.91 Å². The third kappa shape index (κ3) is 10.5. The fourth-order valence-electron chi connectivity index (χ4n) is 5.51. The second-order valence-electron chi connectivity index (χ2n) is 12.1. The zero-order valence-corrected chi connectivity index (χ0v) is 28.4. The number of hydrogen-bond acceptors (Lipinski definition) is 7. The molecule has 1 fully saturated rings. The first-order valence-corrected chi connectivity index (χ1v) is 17.4. The summed E-state index contributed by atoms with van der Waals surface area (Å²) in [5, 5.41) is 17.7. The highest BCUT2D eigenvalue weighted by Gasteiger charge is 2.41. The van der Waals surface area contributed by atoms with Crippen LogP contribution in [0.2, 0.25) is 0 Å². The van der Waals surface area contributed by atoms with Gasteiger partial charge in [0, 0.05) is 18.6 Å². The molecule has 4 N–H and O–H groups in total. The lowest BCUT2D eigenvalue weighted by atomic mass is 9.96. The van der Waals surface area contributed by atoms with E-state index in [1.54, 1.807) is 49.4 Å². The molecular formula is C37H42N4O7S. The van der Waals surface area contributed by atoms with E-state index >= 15 is 0 Å². The second kappa shape index (κ2) is 18.0. The van der Waals surface area contributed by atoms with Crippen molar-refractivity contribution in [3.05, 3.63) is 108 Å². The highest BCUT2D eigenvalue weighted by atomic mass is 32.2. The van der Waals surface area contributed by atoms with Crippen LogP contribution >= 0.6 is 11.8 Å². The van der Waals surface area contributed by atoms with Crippen LogP contribution in [0, 0.1) is 5.92 Å². The van der Waals surface area contributed by atoms with Crippen LogP contribution in [0.5, 0.6) is 0 Å². The summed E-state index contributed by atoms with van der Waals surface area (Å²) in [6.07, 6.45) is 0.616. The first-order chi connectivity index (χ1) is 23.6. The molecule has 1 aliphatic rings. The summed E-state index contributed by atoms with van der Waals surface area (Å²) in [7, 11) is 0. The van der Waals surface area contributed by atoms with Crippen LogP contribution in [0.25, 0.3) is 0 Å². The fraction of sp³-hybridized carbons (Fsp3) is 0.351. The third-order valence-corrected chi connectivity index (χ3v) is 9.51. The normalized spacial score (nSPS) is 16.4. The highest BCUT2D eigenvalue weighted by molar-refractivity contribution is 7.99. The first-order valence-electron chi connectivity index (χ1n) is 16.2. The molecular weight excluding hydrogens is 644 g/mol. The summed E-state index contributed by atoms with van der Waals surface area (Å²) in [5.41, 5.74) is 2.22. The number of carboxylic acids is 1. The van der Waals surface area contributed by atoms with Crippen LogP contribution in [0.15, 0.2) is 91.0 Å². The predicted molar refractivity (Wildman–Crippen MR) is 186 cm³/mol. The Morgan fingerprint density at radius 1 is 0.776 bits per heavy atom. The van der Waals surface area contributed by atoms with Gasteiger partial charge in [0.1, 0.15) is 24.2 Å². The van der Waals surface area contributed by atoms with Crippen molar-refractivity contribution in [1.82, 2.24) is 20.9 Å². The molecule has 1 aliphatic heterocycles. The summed E-state index contributed by atoms with van der Waals surface area (Å²) in [6.45, 7) is 3.56. The molecule has 0 spiro atoms. The van der Waals surface area contributed by atoms with E-state index in [9.17, 15) is 33.9 Å². The van der Waals surface area contributed by atoms with E-state index in [0.29, 0.717) is 12.0 Å². The molecule has 0 bridgehead atoms. The Morgan fingerprint density at radius 3 is 1.84 bits per heavy atom. The van der Waals surface area contributed by atoms with Crippen molar-refractivity contribution in [1.29, 1.82) is 0 Å². The largest absolute Gasteiger partial charge is 0.480 e. The van der Waals surface area contributed by atoms with Gasteiger partial charge in [-0.1, -0.05) is 111 Å². The number of benzene rings is 3. The molecule has 258 valence electrons. The van der Waals surface area contributed by atoms with Gasteiger partial charge < -0.3 is 26.0 Å². The number of carboxylic acid groups (broad SMARTS) is 1. The molecule has 0 aliphatic carbocycles. The summed E-state index contributed by atoms with van der Waals surface area (Å²) in [4.78, 5) is 81.0. The number of rotatable bonds is 16. The van der Waals surface area contributed by atoms with Crippen LogP contribution in [0.1, 0.15) is 37.0 Å². The summed E-state index contributed by atoms with van der Waals surface area (Å²) in [5.74, 6) is -4.86. The van der Waals surface area contributed by atoms with E-state index in [2.05, 4.69) is 16.0 Å². The quantitative estimate of drug-likeness (QED) is 0.167. The minimum atomic E-state index is -1.33. The number of hydrogen-bond donors (Lipinski definition) is 4. The van der Waals surface area contributed by atoms with Crippen molar-refractivity contribution in [2.75, 3.05) is 11.6 Å². The van der Waals surface area contributed by atoms with Gasteiger partial charge in [-0.25, -0.2) is 4.79 Å². The number of thioether (sulfide) groups is 1. The standard InChI is InChI=1S/C37H42N4O7S/c1-3-24(2)32(36(46)41-23-49-22-30(41)37(47)48)40-35(45)33(43)28(19-25-13-7-4-8-14-25)39-34(44)29(20-26-15-9-5-10-16-26)38-31(42)21-27-17-11-6-12-18-27/h4-18,24,28-30,32H,3,19-23H2,1-2H3,(H,38,42)(H,39,44)(H,40,45)(H,47,48). The molecule has 3 aromatic rings. The molecule has 0 aromatic heterocycles. The van der Waals surface area contributed by atoms with E-state index in [-0.39, 0.29) is 36.8 Å². The predicted octanol–water partition coefficient (Wildman–Crippen LogP) is 2.77. The molecule has 0 saturated carbocycles. The van der Waals surface area contributed by atoms with Gasteiger partial charge >= 0.3 is 5.97 Å². The van der Waals surface area contributed by atoms with Gasteiger partial charge in [0.2, 0.25) is 23.5 Å². The van der Waals surface area contributed by atoms with E-state index < -0.39 is 59.6 Å². The van der Waals surface area contributed by atoms with Crippen molar-refractivity contribution < 1.29 is 33.9 Å². The number of nitrogens with zero attached hydrogens (tertiary/aromatic N) is 1. The van der Waals surface area contributed by atoms with Gasteiger partial charge in [-0.3, -0.25) is 24.0 Å². The Kier molecular flexibility index (Phi) is 13.5. The molecule has 5 unspecified atom stereocenters. The molecule has 0 radical (unpaired) electrons. The van der Waals surface area contributed by atoms with E-state index in [1.807, 2.05) is 55.5 Å². The van der Waals surface area contributed by atoms with Crippen molar-refractivity contribution in [3.8, 4) is 0 Å². The highest BCUT2D eigenvalue weighted by Crippen LogP contribution is 2.24. The maximum absolute atomic E-state index is 13.9. The van der Waals surface area contributed by atoms with Crippen LogP contribution in [-0.2, 0) is 48.0 Å². The molecule has 4 amide bonds. The average molecular weight is 687 g/mol. The van der Waals surface area contributed by atoms with Crippen LogP contribution in [0.4, 0.5) is 0 Å². The van der Waals surface area contributed by atoms with Gasteiger partial charge in [0.05, 0.1) is 12.3 Å². The third-order valence-electron chi connectivity index (χ3n) is 8.50. The number of Topliss-reactive ketones (excluding diaryl/α,β-unsaturated/α-hetero) is 1. The monoisotopic (exact) mass is 686 g/mol. The van der Waals surface area contributed by atoms with Crippen LogP contribution in [-0.4, -0.2) is 81.2 Å². The second-order valence-corrected chi connectivity index (χ2v) is 13.1. The van der Waals surface area contributed by atoms with Crippen molar-refractivity contribution in [2.45, 2.75) is 63.7 Å². The molecule has 1 saturated heterocycles. The lowest BCUT2D eigenvalue weighted by Crippen LogP contribution is -2.59. The minimum Gasteiger partial charge on any atom is -0.480 e. The first kappa shape index (κ1) is 36.9. The number of amides is 4. The SMILES string of the molecule is CCC(C)C(NC(=O)C(=O)C(Cc1ccccc1)NC(=O)C(Cc1ccccc1)NC(=O)Cc1ccccc1)C(=O)N1CSCC1C(=O)O. The molecule has 5 atom stereocenters. The number of nitrogens with one attached hydrogen (secondary N) is 3. The maximum Gasteiger partial charge on any atom is 0.327 e. The maximum atomic E-state index is 13.9. The van der Waals surface area contributed by atoms with Crippen molar-refractivity contribution in [3.63, 3.8) is 0 Å². The summed E-state index contributed by atoms with van der Waals surface area (Å²) in [6, 6.07) is 22.5. The molecule has 4 rings (SSSR count). The van der Waals surface area contributed by atoms with Crippen molar-refractivity contribution in [2.24, 2.45) is 5.92 Å². The topological polar surface area (TPSA) is 162 Å². The Morgan fingerprint density at radius 2 is 1.31 bits per heavy atom. The Hall–Kier alpha value is -4.97. The Labute approximate surface area is 290 Å². The number of ketones is 1. The molecule has 3 aromatic carbocycles. The zero-order chi connectivity index (χ0) is 35.3. The van der Waals surface area contributed by atoms with Gasteiger partial charge in [0.15, 0.2) is 0 Å². The van der Waals surface area contributed by atoms with E-state index in [4.69, 9.17) is 0 Å². The Balaban J connectivity index is 1.56. The summed E-state index contributed by atoms with van der Waals surface area (Å²) < 4.78 is 0. The van der Waals surface area contributed by atoms with E-state index in [0.717, 1.165) is 11.1 Å². The molecule has 1 heterocycles. The Bertz CT molecular complexity index is 1610. The molecule has 12 heteroatoms. The molecule has 49 heavy (non-hydrogen) atoms. The van der Waals surface area contributed by atoms with E-state index in [1.165, 1.54) is 16.7 Å². The zero-order valence-electron chi connectivity index (χ0n) is 27.5. The fourth-order valence-corrected chi connectivity index (χ4v) is 6.67. The molecule has 11 nitrogen and oxygen atoms in total. The van der Waals surface area contributed by atoms with Gasteiger partial charge in [-0.2, -0.15) is 0 Å². The minimum absolute atomic E-state index is 0.0271. The lowest BCUT2D eigenvalue weighted by molar-refractivity contribution is -0.150. The van der Waals surface area contributed by atoms with Crippen molar-refractivity contribution >= 4 is 47.1 Å². The number of carbonyl (C=O) groups is 6. The number of carbonyl (C=O) groups excluding carboxylic acids is 5. The van der Waals surface area contributed by atoms with Crippen LogP contribution in [0.3, 0.4) is 0 Å². The average Bonchev–Trinajstić information content (AvgIpc) is 3.61. The van der Waals surface area contributed by atoms with Crippen LogP contribution < -0.4 is 16.0 Å².